The van der Waals surface area contributed by atoms with E-state index in [1.54, 1.807) is 11.3 Å². The van der Waals surface area contributed by atoms with E-state index in [1.807, 2.05) is 5.38 Å². The van der Waals surface area contributed by atoms with Crippen molar-refractivity contribution in [2.45, 2.75) is 39.0 Å². The van der Waals surface area contributed by atoms with Crippen LogP contribution in [-0.4, -0.2) is 37.0 Å². The minimum absolute atomic E-state index is 0.264. The normalized spacial score (nSPS) is 22.1. The van der Waals surface area contributed by atoms with Gasteiger partial charge in [-0.2, -0.15) is 0 Å². The van der Waals surface area contributed by atoms with Crippen molar-refractivity contribution in [3.05, 3.63) is 21.9 Å². The van der Waals surface area contributed by atoms with Crippen LogP contribution in [-0.2, 0) is 6.42 Å². The van der Waals surface area contributed by atoms with Gasteiger partial charge in [-0.15, -0.1) is 11.3 Å². The van der Waals surface area contributed by atoms with Crippen LogP contribution >= 0.6 is 11.3 Å². The van der Waals surface area contributed by atoms with Crippen LogP contribution in [0.1, 0.15) is 47.8 Å². The van der Waals surface area contributed by atoms with Gasteiger partial charge in [-0.1, -0.05) is 6.92 Å². The van der Waals surface area contributed by atoms with E-state index in [0.717, 1.165) is 37.5 Å². The van der Waals surface area contributed by atoms with E-state index >= 15 is 0 Å². The van der Waals surface area contributed by atoms with Gasteiger partial charge in [-0.05, 0) is 67.6 Å². The Bertz CT molecular complexity index is 467. The van der Waals surface area contributed by atoms with E-state index in [1.165, 1.54) is 31.2 Å². The zero-order chi connectivity index (χ0) is 14.0. The summed E-state index contributed by atoms with van der Waals surface area (Å²) < 4.78 is 0. The summed E-state index contributed by atoms with van der Waals surface area (Å²) in [5.41, 5.74) is 1.73. The second-order valence-electron chi connectivity index (χ2n) is 6.17. The van der Waals surface area contributed by atoms with Crippen molar-refractivity contribution in [2.24, 2.45) is 5.41 Å². The molecule has 0 saturated carbocycles. The van der Waals surface area contributed by atoms with Crippen molar-refractivity contribution < 1.29 is 4.79 Å². The fourth-order valence-electron chi connectivity index (χ4n) is 3.59. The van der Waals surface area contributed by atoms with Gasteiger partial charge in [-0.25, -0.2) is 0 Å². The highest BCUT2D eigenvalue weighted by atomic mass is 32.1. The molecule has 0 aliphatic carbocycles. The summed E-state index contributed by atoms with van der Waals surface area (Å²) in [5.74, 6) is 0.264. The molecule has 3 rings (SSSR count). The lowest BCUT2D eigenvalue weighted by Crippen LogP contribution is -2.47. The minimum atomic E-state index is 0.264. The number of thiophene rings is 1. The van der Waals surface area contributed by atoms with Crippen LogP contribution in [0, 0.1) is 5.41 Å². The summed E-state index contributed by atoms with van der Waals surface area (Å²) >= 11 is 1.60. The summed E-state index contributed by atoms with van der Waals surface area (Å²) in [6.07, 6.45) is 5.90. The standard InChI is InChI=1S/C16H24N2OS/c1-2-13-3-12-20-14(13)15(19)18-10-6-16(7-11-18)4-8-17-9-5-16/h3,12,17H,2,4-11H2,1H3. The first-order chi connectivity index (χ1) is 9.74. The molecule has 4 heteroatoms. The van der Waals surface area contributed by atoms with Crippen molar-refractivity contribution in [3.63, 3.8) is 0 Å². The van der Waals surface area contributed by atoms with E-state index < -0.39 is 0 Å². The van der Waals surface area contributed by atoms with E-state index in [4.69, 9.17) is 0 Å². The molecular formula is C16H24N2OS. The molecule has 1 amide bonds. The molecule has 1 spiro atoms. The van der Waals surface area contributed by atoms with Gasteiger partial charge in [0.05, 0.1) is 4.88 Å². The molecule has 2 aliphatic heterocycles. The molecule has 2 aliphatic rings. The largest absolute Gasteiger partial charge is 0.338 e. The molecule has 0 atom stereocenters. The first-order valence-electron chi connectivity index (χ1n) is 7.80. The fourth-order valence-corrected chi connectivity index (χ4v) is 4.55. The average molecular weight is 292 g/mol. The Morgan fingerprint density at radius 1 is 1.30 bits per heavy atom. The van der Waals surface area contributed by atoms with E-state index in [9.17, 15) is 4.79 Å². The number of amides is 1. The van der Waals surface area contributed by atoms with E-state index in [0.29, 0.717) is 5.41 Å². The highest BCUT2D eigenvalue weighted by Gasteiger charge is 2.37. The zero-order valence-corrected chi connectivity index (χ0v) is 13.1. The second-order valence-corrected chi connectivity index (χ2v) is 7.09. The van der Waals surface area contributed by atoms with Crippen LogP contribution in [0.3, 0.4) is 0 Å². The van der Waals surface area contributed by atoms with E-state index in [2.05, 4.69) is 23.2 Å². The molecule has 0 radical (unpaired) electrons. The third-order valence-corrected chi connectivity index (χ3v) is 6.04. The van der Waals surface area contributed by atoms with Crippen molar-refractivity contribution in [1.29, 1.82) is 0 Å². The number of likely N-dealkylation sites (tertiary alicyclic amines) is 1. The highest BCUT2D eigenvalue weighted by molar-refractivity contribution is 7.12. The molecule has 3 heterocycles. The number of rotatable bonds is 2. The predicted molar refractivity (Wildman–Crippen MR) is 83.4 cm³/mol. The van der Waals surface area contributed by atoms with Crippen LogP contribution in [0.25, 0.3) is 0 Å². The number of aryl methyl sites for hydroxylation is 1. The number of piperidine rings is 2. The first kappa shape index (κ1) is 14.1. The van der Waals surface area contributed by atoms with Crippen LogP contribution in [0.2, 0.25) is 0 Å². The Balaban J connectivity index is 1.64. The lowest BCUT2D eigenvalue weighted by Gasteiger charge is -2.44. The van der Waals surface area contributed by atoms with Gasteiger partial charge in [-0.3, -0.25) is 4.79 Å². The molecule has 110 valence electrons. The third kappa shape index (κ3) is 2.63. The monoisotopic (exact) mass is 292 g/mol. The molecule has 1 aromatic heterocycles. The summed E-state index contributed by atoms with van der Waals surface area (Å²) in [6.45, 7) is 6.32. The number of nitrogens with one attached hydrogen (secondary N) is 1. The Morgan fingerprint density at radius 2 is 2.00 bits per heavy atom. The molecule has 0 bridgehead atoms. The molecule has 20 heavy (non-hydrogen) atoms. The van der Waals surface area contributed by atoms with Gasteiger partial charge in [0.25, 0.3) is 5.91 Å². The Labute approximate surface area is 125 Å². The van der Waals surface area contributed by atoms with Crippen LogP contribution in [0.4, 0.5) is 0 Å². The Kier molecular flexibility index (Phi) is 4.13. The molecule has 0 aromatic carbocycles. The number of nitrogens with zero attached hydrogens (tertiary/aromatic N) is 1. The van der Waals surface area contributed by atoms with Gasteiger partial charge in [0, 0.05) is 13.1 Å². The van der Waals surface area contributed by atoms with Crippen LogP contribution in [0.5, 0.6) is 0 Å². The summed E-state index contributed by atoms with van der Waals surface area (Å²) in [7, 11) is 0. The zero-order valence-electron chi connectivity index (χ0n) is 12.3. The van der Waals surface area contributed by atoms with Gasteiger partial charge >= 0.3 is 0 Å². The molecule has 3 nitrogen and oxygen atoms in total. The first-order valence-corrected chi connectivity index (χ1v) is 8.68. The Hall–Kier alpha value is -0.870. The second kappa shape index (κ2) is 5.86. The Morgan fingerprint density at radius 3 is 2.65 bits per heavy atom. The topological polar surface area (TPSA) is 32.3 Å². The van der Waals surface area contributed by atoms with Crippen LogP contribution < -0.4 is 5.32 Å². The average Bonchev–Trinajstić information content (AvgIpc) is 2.97. The van der Waals surface area contributed by atoms with Gasteiger partial charge in [0.15, 0.2) is 0 Å². The van der Waals surface area contributed by atoms with Crippen molar-refractivity contribution in [3.8, 4) is 0 Å². The third-order valence-electron chi connectivity index (χ3n) is 5.10. The molecule has 1 N–H and O–H groups in total. The molecule has 0 unspecified atom stereocenters. The maximum absolute atomic E-state index is 12.6. The number of hydrogen-bond donors (Lipinski definition) is 1. The molecular weight excluding hydrogens is 268 g/mol. The highest BCUT2D eigenvalue weighted by Crippen LogP contribution is 2.39. The smallest absolute Gasteiger partial charge is 0.264 e. The molecule has 1 aromatic rings. The lowest BCUT2D eigenvalue weighted by molar-refractivity contribution is 0.0499. The van der Waals surface area contributed by atoms with Crippen LogP contribution in [0.15, 0.2) is 11.4 Å². The predicted octanol–water partition coefficient (Wildman–Crippen LogP) is 2.92. The van der Waals surface area contributed by atoms with Crippen molar-refractivity contribution >= 4 is 17.2 Å². The SMILES string of the molecule is CCc1ccsc1C(=O)N1CCC2(CCNCC2)CC1. The molecule has 2 fully saturated rings. The maximum Gasteiger partial charge on any atom is 0.264 e. The summed E-state index contributed by atoms with van der Waals surface area (Å²) in [6, 6.07) is 2.09. The summed E-state index contributed by atoms with van der Waals surface area (Å²) in [5, 5.41) is 5.49. The minimum Gasteiger partial charge on any atom is -0.338 e. The summed E-state index contributed by atoms with van der Waals surface area (Å²) in [4.78, 5) is 15.7. The van der Waals surface area contributed by atoms with Crippen molar-refractivity contribution in [2.75, 3.05) is 26.2 Å². The lowest BCUT2D eigenvalue weighted by atomic mass is 9.71. The quantitative estimate of drug-likeness (QED) is 0.909. The fraction of sp³-hybridized carbons (Fsp3) is 0.688. The van der Waals surface area contributed by atoms with Gasteiger partial charge in [0.1, 0.15) is 0 Å². The van der Waals surface area contributed by atoms with E-state index in [-0.39, 0.29) is 5.91 Å². The van der Waals surface area contributed by atoms with Crippen molar-refractivity contribution in [1.82, 2.24) is 10.2 Å². The number of hydrogen-bond acceptors (Lipinski definition) is 3. The van der Waals surface area contributed by atoms with Gasteiger partial charge in [0.2, 0.25) is 0 Å². The molecule has 2 saturated heterocycles. The maximum atomic E-state index is 12.6. The number of carbonyl (C=O) groups excluding carboxylic acids is 1. The van der Waals surface area contributed by atoms with Gasteiger partial charge < -0.3 is 10.2 Å². The number of carbonyl (C=O) groups is 1.